The number of ketones is 1. The number of rotatable bonds is 6. The van der Waals surface area contributed by atoms with E-state index in [4.69, 9.17) is 4.74 Å². The fourth-order valence-electron chi connectivity index (χ4n) is 4.01. The van der Waals surface area contributed by atoms with Crippen LogP contribution in [0.25, 0.3) is 10.9 Å². The van der Waals surface area contributed by atoms with Crippen LogP contribution in [0.1, 0.15) is 44.0 Å². The molecule has 1 saturated carbocycles. The number of hydrogen-bond donors (Lipinski definition) is 2. The molecule has 0 atom stereocenters. The first-order valence-electron chi connectivity index (χ1n) is 12.2. The highest BCUT2D eigenvalue weighted by atomic mass is 79.9. The molecule has 2 N–H and O–H groups in total. The second-order valence-electron chi connectivity index (χ2n) is 10.1. The third kappa shape index (κ3) is 5.99. The van der Waals surface area contributed by atoms with Gasteiger partial charge in [-0.2, -0.15) is 0 Å². The van der Waals surface area contributed by atoms with E-state index in [1.807, 2.05) is 68.3 Å². The number of amides is 1. The maximum atomic E-state index is 13.0. The quantitative estimate of drug-likeness (QED) is 0.333. The highest BCUT2D eigenvalue weighted by Gasteiger charge is 2.32. The lowest BCUT2D eigenvalue weighted by Gasteiger charge is -2.23. The number of pyridine rings is 2. The number of halogens is 1. The molecule has 0 spiro atoms. The zero-order valence-corrected chi connectivity index (χ0v) is 22.5. The fraction of sp³-hybridized carbons (Fsp3) is 0.286. The van der Waals surface area contributed by atoms with Crippen molar-refractivity contribution in [3.8, 4) is 0 Å². The molecule has 190 valence electrons. The average Bonchev–Trinajstić information content (AvgIpc) is 3.69. The van der Waals surface area contributed by atoms with Gasteiger partial charge in [-0.05, 0) is 76.1 Å². The Morgan fingerprint density at radius 2 is 1.92 bits per heavy atom. The zero-order chi connectivity index (χ0) is 26.2. The number of anilines is 3. The molecule has 9 heteroatoms. The van der Waals surface area contributed by atoms with E-state index in [0.29, 0.717) is 17.8 Å². The molecule has 2 aromatic heterocycles. The van der Waals surface area contributed by atoms with Crippen molar-refractivity contribution in [1.82, 2.24) is 15.3 Å². The van der Waals surface area contributed by atoms with Crippen LogP contribution < -0.4 is 15.5 Å². The van der Waals surface area contributed by atoms with Gasteiger partial charge in [0.15, 0.2) is 5.78 Å². The minimum atomic E-state index is -0.556. The maximum absolute atomic E-state index is 13.0. The van der Waals surface area contributed by atoms with E-state index in [9.17, 15) is 9.59 Å². The minimum absolute atomic E-state index is 0.0843. The maximum Gasteiger partial charge on any atom is 0.412 e. The Morgan fingerprint density at radius 3 is 2.57 bits per heavy atom. The predicted molar refractivity (Wildman–Crippen MR) is 148 cm³/mol. The van der Waals surface area contributed by atoms with Crippen LogP contribution in [0.4, 0.5) is 22.0 Å². The molecule has 1 aliphatic carbocycles. The van der Waals surface area contributed by atoms with Crippen LogP contribution in [0.3, 0.4) is 0 Å². The average molecular weight is 562 g/mol. The number of aromatic nitrogens is 2. The van der Waals surface area contributed by atoms with Crippen molar-refractivity contribution in [2.45, 2.75) is 39.2 Å². The van der Waals surface area contributed by atoms with E-state index in [0.717, 1.165) is 45.4 Å². The summed E-state index contributed by atoms with van der Waals surface area (Å²) in [4.78, 5) is 36.1. The standard InChI is InChI=1S/C28H28BrN5O3/c1-28(2,3)37-27(36)33-19-10-12-34(13-11-19)24-9-7-20(15-31-24)32-25-21-14-18(29)6-8-23(21)30-16-22(25)26(35)17-4-5-17/h6-12,14-17H,4-5,13H2,1-3H3,(H,30,32)(H,33,36). The van der Waals surface area contributed by atoms with Crippen molar-refractivity contribution < 1.29 is 14.3 Å². The molecule has 1 amide bonds. The first-order chi connectivity index (χ1) is 17.7. The first-order valence-corrected chi connectivity index (χ1v) is 13.0. The molecule has 8 nitrogen and oxygen atoms in total. The number of nitrogens with zero attached hydrogens (tertiary/aromatic N) is 3. The summed E-state index contributed by atoms with van der Waals surface area (Å²) >= 11 is 3.54. The number of benzene rings is 1. The van der Waals surface area contributed by atoms with Crippen molar-refractivity contribution in [1.29, 1.82) is 0 Å². The third-order valence-electron chi connectivity index (χ3n) is 5.94. The molecule has 5 rings (SSSR count). The predicted octanol–water partition coefficient (Wildman–Crippen LogP) is 6.47. The lowest BCUT2D eigenvalue weighted by Crippen LogP contribution is -2.33. The number of ether oxygens (including phenoxy) is 1. The fourth-order valence-corrected chi connectivity index (χ4v) is 4.37. The lowest BCUT2D eigenvalue weighted by molar-refractivity contribution is 0.0547. The Hall–Kier alpha value is -3.72. The van der Waals surface area contributed by atoms with Crippen LogP contribution in [0.5, 0.6) is 0 Å². The smallest absolute Gasteiger partial charge is 0.412 e. The summed E-state index contributed by atoms with van der Waals surface area (Å²) in [6.45, 7) is 6.02. The molecule has 1 fully saturated rings. The summed E-state index contributed by atoms with van der Waals surface area (Å²) in [5.41, 5.74) is 3.04. The largest absolute Gasteiger partial charge is 0.444 e. The minimum Gasteiger partial charge on any atom is -0.444 e. The zero-order valence-electron chi connectivity index (χ0n) is 20.9. The Bertz CT molecular complexity index is 1420. The van der Waals surface area contributed by atoms with Gasteiger partial charge in [-0.15, -0.1) is 0 Å². The lowest BCUT2D eigenvalue weighted by atomic mass is 10.0. The van der Waals surface area contributed by atoms with Gasteiger partial charge in [-0.25, -0.2) is 9.78 Å². The highest BCUT2D eigenvalue weighted by molar-refractivity contribution is 9.10. The number of nitrogens with one attached hydrogen (secondary N) is 2. The summed E-state index contributed by atoms with van der Waals surface area (Å²) in [6, 6.07) is 9.69. The van der Waals surface area contributed by atoms with Crippen molar-refractivity contribution in [2.24, 2.45) is 5.92 Å². The van der Waals surface area contributed by atoms with E-state index in [2.05, 4.69) is 36.5 Å². The van der Waals surface area contributed by atoms with Gasteiger partial charge in [-0.3, -0.25) is 15.1 Å². The number of fused-ring (bicyclic) bond motifs is 1. The van der Waals surface area contributed by atoms with E-state index in [-0.39, 0.29) is 11.7 Å². The second-order valence-corrected chi connectivity index (χ2v) is 11.0. The first kappa shape index (κ1) is 25.0. The SMILES string of the molecule is CC(C)(C)OC(=O)NC1=CCN(c2ccc(Nc3c(C(=O)C4CC4)cnc4ccc(Br)cc34)cn2)C=C1. The van der Waals surface area contributed by atoms with Gasteiger partial charge in [0.2, 0.25) is 0 Å². The summed E-state index contributed by atoms with van der Waals surface area (Å²) in [6.07, 6.45) is 10.4. The van der Waals surface area contributed by atoms with Gasteiger partial charge in [-0.1, -0.05) is 15.9 Å². The molecule has 1 aliphatic heterocycles. The monoisotopic (exact) mass is 561 g/mol. The summed E-state index contributed by atoms with van der Waals surface area (Å²) in [7, 11) is 0. The van der Waals surface area contributed by atoms with E-state index < -0.39 is 11.7 Å². The summed E-state index contributed by atoms with van der Waals surface area (Å²) in [5.74, 6) is 0.967. The molecule has 0 saturated heterocycles. The number of alkyl carbamates (subject to hydrolysis) is 1. The van der Waals surface area contributed by atoms with Gasteiger partial charge in [0.05, 0.1) is 28.7 Å². The molecule has 0 radical (unpaired) electrons. The number of carbonyl (C=O) groups excluding carboxylic acids is 2. The van der Waals surface area contributed by atoms with Gasteiger partial charge < -0.3 is 15.0 Å². The molecule has 2 aliphatic rings. The molecule has 3 aromatic rings. The van der Waals surface area contributed by atoms with Crippen molar-refractivity contribution in [3.63, 3.8) is 0 Å². The number of Topliss-reactive ketones (excluding diaryl/α,β-unsaturated/α-hetero) is 1. The van der Waals surface area contributed by atoms with Crippen molar-refractivity contribution in [2.75, 3.05) is 16.8 Å². The third-order valence-corrected chi connectivity index (χ3v) is 6.44. The Morgan fingerprint density at radius 1 is 1.11 bits per heavy atom. The van der Waals surface area contributed by atoms with Gasteiger partial charge in [0.25, 0.3) is 0 Å². The summed E-state index contributed by atoms with van der Waals surface area (Å²) < 4.78 is 6.22. The van der Waals surface area contributed by atoms with Crippen LogP contribution in [0, 0.1) is 5.92 Å². The van der Waals surface area contributed by atoms with Gasteiger partial charge in [0, 0.05) is 40.4 Å². The Kier molecular flexibility index (Phi) is 6.72. The topological polar surface area (TPSA) is 96.5 Å². The van der Waals surface area contributed by atoms with Crippen LogP contribution in [0.15, 0.2) is 71.2 Å². The van der Waals surface area contributed by atoms with Crippen molar-refractivity contribution >= 4 is 55.9 Å². The highest BCUT2D eigenvalue weighted by Crippen LogP contribution is 2.38. The molecular formula is C28H28BrN5O3. The molecular weight excluding hydrogens is 534 g/mol. The van der Waals surface area contributed by atoms with E-state index >= 15 is 0 Å². The van der Waals surface area contributed by atoms with Crippen LogP contribution in [0.2, 0.25) is 0 Å². The molecule has 0 bridgehead atoms. The summed E-state index contributed by atoms with van der Waals surface area (Å²) in [5, 5.41) is 7.05. The van der Waals surface area contributed by atoms with Crippen LogP contribution in [-0.4, -0.2) is 34.0 Å². The van der Waals surface area contributed by atoms with Gasteiger partial charge in [0.1, 0.15) is 11.4 Å². The van der Waals surface area contributed by atoms with Crippen LogP contribution >= 0.6 is 15.9 Å². The number of allylic oxidation sites excluding steroid dienone is 1. The Labute approximate surface area is 223 Å². The normalized spacial score (nSPS) is 15.4. The van der Waals surface area contributed by atoms with E-state index in [1.54, 1.807) is 18.5 Å². The number of carbonyl (C=O) groups is 2. The van der Waals surface area contributed by atoms with Crippen molar-refractivity contribution in [3.05, 3.63) is 76.8 Å². The van der Waals surface area contributed by atoms with Crippen LogP contribution in [-0.2, 0) is 4.74 Å². The molecule has 3 heterocycles. The molecule has 0 unspecified atom stereocenters. The van der Waals surface area contributed by atoms with E-state index in [1.165, 1.54) is 0 Å². The Balaban J connectivity index is 1.31. The number of hydrogen-bond acceptors (Lipinski definition) is 7. The molecule has 1 aromatic carbocycles. The molecule has 37 heavy (non-hydrogen) atoms. The van der Waals surface area contributed by atoms with Gasteiger partial charge >= 0.3 is 6.09 Å². The second kappa shape index (κ2) is 9.97.